The van der Waals surface area contributed by atoms with Crippen LogP contribution in [-0.2, 0) is 4.79 Å². The number of carbonyl (C=O) groups is 1. The second-order valence-corrected chi connectivity index (χ2v) is 5.69. The standard InChI is InChI=1S/C16H24N2O.ClH/c1-12(2)14-5-3-4-6-15(14)18-16(19)11-13-7-9-17-10-8-13;/h3-6,12-13,17H,7-11H2,1-2H3,(H,18,19);1H. The Labute approximate surface area is 127 Å². The van der Waals surface area contributed by atoms with E-state index in [1.165, 1.54) is 5.56 Å². The Balaban J connectivity index is 0.00000200. The van der Waals surface area contributed by atoms with Gasteiger partial charge in [-0.1, -0.05) is 32.0 Å². The second kappa shape index (κ2) is 8.28. The first kappa shape index (κ1) is 17.0. The van der Waals surface area contributed by atoms with E-state index >= 15 is 0 Å². The Morgan fingerprint density at radius 3 is 2.60 bits per heavy atom. The van der Waals surface area contributed by atoms with Gasteiger partial charge in [0.1, 0.15) is 0 Å². The highest BCUT2D eigenvalue weighted by molar-refractivity contribution is 5.91. The van der Waals surface area contributed by atoms with E-state index < -0.39 is 0 Å². The number of nitrogens with one attached hydrogen (secondary N) is 2. The molecule has 0 bridgehead atoms. The summed E-state index contributed by atoms with van der Waals surface area (Å²) in [6, 6.07) is 8.09. The molecule has 1 amide bonds. The summed E-state index contributed by atoms with van der Waals surface area (Å²) in [6.45, 7) is 6.39. The van der Waals surface area contributed by atoms with Crippen molar-refractivity contribution in [3.05, 3.63) is 29.8 Å². The lowest BCUT2D eigenvalue weighted by Gasteiger charge is -2.22. The van der Waals surface area contributed by atoms with Crippen molar-refractivity contribution in [3.8, 4) is 0 Å². The molecular weight excluding hydrogens is 272 g/mol. The highest BCUT2D eigenvalue weighted by Crippen LogP contribution is 2.24. The fraction of sp³-hybridized carbons (Fsp3) is 0.562. The smallest absolute Gasteiger partial charge is 0.224 e. The molecule has 3 nitrogen and oxygen atoms in total. The minimum absolute atomic E-state index is 0. The topological polar surface area (TPSA) is 41.1 Å². The molecule has 0 radical (unpaired) electrons. The minimum atomic E-state index is 0. The summed E-state index contributed by atoms with van der Waals surface area (Å²) in [7, 11) is 0. The van der Waals surface area contributed by atoms with Crippen LogP contribution in [0.4, 0.5) is 5.69 Å². The van der Waals surface area contributed by atoms with E-state index in [1.807, 2.05) is 18.2 Å². The van der Waals surface area contributed by atoms with E-state index in [4.69, 9.17) is 0 Å². The van der Waals surface area contributed by atoms with Gasteiger partial charge in [0.25, 0.3) is 0 Å². The highest BCUT2D eigenvalue weighted by Gasteiger charge is 2.17. The number of rotatable bonds is 4. The third-order valence-corrected chi connectivity index (χ3v) is 3.79. The van der Waals surface area contributed by atoms with Gasteiger partial charge in [-0.2, -0.15) is 0 Å². The van der Waals surface area contributed by atoms with Crippen molar-refractivity contribution in [2.45, 2.75) is 39.0 Å². The Hall–Kier alpha value is -1.06. The van der Waals surface area contributed by atoms with Gasteiger partial charge in [0, 0.05) is 12.1 Å². The fourth-order valence-electron chi connectivity index (χ4n) is 2.66. The molecule has 0 atom stereocenters. The monoisotopic (exact) mass is 296 g/mol. The van der Waals surface area contributed by atoms with E-state index in [-0.39, 0.29) is 18.3 Å². The van der Waals surface area contributed by atoms with E-state index in [2.05, 4.69) is 30.5 Å². The average Bonchev–Trinajstić information content (AvgIpc) is 2.40. The Morgan fingerprint density at radius 2 is 1.95 bits per heavy atom. The van der Waals surface area contributed by atoms with Gasteiger partial charge in [0.05, 0.1) is 0 Å². The van der Waals surface area contributed by atoms with Crippen LogP contribution in [0.25, 0.3) is 0 Å². The largest absolute Gasteiger partial charge is 0.326 e. The van der Waals surface area contributed by atoms with Gasteiger partial charge in [-0.3, -0.25) is 4.79 Å². The van der Waals surface area contributed by atoms with Crippen molar-refractivity contribution in [1.29, 1.82) is 0 Å². The quantitative estimate of drug-likeness (QED) is 0.892. The predicted molar refractivity (Wildman–Crippen MR) is 86.6 cm³/mol. The molecule has 0 spiro atoms. The molecule has 20 heavy (non-hydrogen) atoms. The van der Waals surface area contributed by atoms with Crippen LogP contribution in [0.15, 0.2) is 24.3 Å². The zero-order valence-corrected chi connectivity index (χ0v) is 13.1. The average molecular weight is 297 g/mol. The van der Waals surface area contributed by atoms with Crippen LogP contribution in [0.1, 0.15) is 44.6 Å². The van der Waals surface area contributed by atoms with Gasteiger partial charge in [-0.05, 0) is 49.4 Å². The SMILES string of the molecule is CC(C)c1ccccc1NC(=O)CC1CCNCC1.Cl. The maximum absolute atomic E-state index is 12.1. The van der Waals surface area contributed by atoms with Crippen LogP contribution in [0.2, 0.25) is 0 Å². The van der Waals surface area contributed by atoms with Crippen LogP contribution >= 0.6 is 12.4 Å². The summed E-state index contributed by atoms with van der Waals surface area (Å²) in [4.78, 5) is 12.1. The molecule has 2 N–H and O–H groups in total. The lowest BCUT2D eigenvalue weighted by atomic mass is 9.94. The number of para-hydroxylation sites is 1. The normalized spacial score (nSPS) is 15.8. The number of hydrogen-bond donors (Lipinski definition) is 2. The van der Waals surface area contributed by atoms with Crippen LogP contribution in [0, 0.1) is 5.92 Å². The summed E-state index contributed by atoms with van der Waals surface area (Å²) in [5, 5.41) is 6.41. The van der Waals surface area contributed by atoms with Crippen LogP contribution < -0.4 is 10.6 Å². The lowest BCUT2D eigenvalue weighted by molar-refractivity contribution is -0.117. The van der Waals surface area contributed by atoms with Crippen LogP contribution in [0.5, 0.6) is 0 Å². The molecular formula is C16H25ClN2O. The van der Waals surface area contributed by atoms with Crippen molar-refractivity contribution in [2.75, 3.05) is 18.4 Å². The molecule has 1 aliphatic rings. The second-order valence-electron chi connectivity index (χ2n) is 5.69. The zero-order valence-electron chi connectivity index (χ0n) is 12.3. The van der Waals surface area contributed by atoms with Crippen molar-refractivity contribution in [2.24, 2.45) is 5.92 Å². The third kappa shape index (κ3) is 4.80. The van der Waals surface area contributed by atoms with Crippen molar-refractivity contribution >= 4 is 24.0 Å². The molecule has 1 aliphatic heterocycles. The van der Waals surface area contributed by atoms with Gasteiger partial charge in [0.2, 0.25) is 5.91 Å². The molecule has 1 heterocycles. The lowest BCUT2D eigenvalue weighted by Crippen LogP contribution is -2.30. The molecule has 0 unspecified atom stereocenters. The molecule has 4 heteroatoms. The van der Waals surface area contributed by atoms with E-state index in [0.29, 0.717) is 18.3 Å². The summed E-state index contributed by atoms with van der Waals surface area (Å²) in [6.07, 6.45) is 2.87. The Kier molecular flexibility index (Phi) is 7.03. The summed E-state index contributed by atoms with van der Waals surface area (Å²) in [5.74, 6) is 1.11. The van der Waals surface area contributed by atoms with Crippen LogP contribution in [-0.4, -0.2) is 19.0 Å². The summed E-state index contributed by atoms with van der Waals surface area (Å²) < 4.78 is 0. The maximum Gasteiger partial charge on any atom is 0.224 e. The van der Waals surface area contributed by atoms with E-state index in [0.717, 1.165) is 31.6 Å². The molecule has 0 saturated carbocycles. The molecule has 0 aromatic heterocycles. The fourth-order valence-corrected chi connectivity index (χ4v) is 2.66. The highest BCUT2D eigenvalue weighted by atomic mass is 35.5. The van der Waals surface area contributed by atoms with Gasteiger partial charge in [-0.25, -0.2) is 0 Å². The zero-order chi connectivity index (χ0) is 13.7. The van der Waals surface area contributed by atoms with Crippen LogP contribution in [0.3, 0.4) is 0 Å². The number of halogens is 1. The Morgan fingerprint density at radius 1 is 1.30 bits per heavy atom. The number of benzene rings is 1. The molecule has 1 aromatic rings. The molecule has 1 fully saturated rings. The number of hydrogen-bond acceptors (Lipinski definition) is 2. The molecule has 1 saturated heterocycles. The molecule has 1 aromatic carbocycles. The molecule has 112 valence electrons. The minimum Gasteiger partial charge on any atom is -0.326 e. The maximum atomic E-state index is 12.1. The number of anilines is 1. The Bertz CT molecular complexity index is 428. The van der Waals surface area contributed by atoms with Crippen molar-refractivity contribution < 1.29 is 4.79 Å². The molecule has 2 rings (SSSR count). The molecule has 0 aliphatic carbocycles. The number of carbonyl (C=O) groups excluding carboxylic acids is 1. The number of amides is 1. The van der Waals surface area contributed by atoms with E-state index in [9.17, 15) is 4.79 Å². The number of piperidine rings is 1. The summed E-state index contributed by atoms with van der Waals surface area (Å²) >= 11 is 0. The van der Waals surface area contributed by atoms with Gasteiger partial charge < -0.3 is 10.6 Å². The van der Waals surface area contributed by atoms with Gasteiger partial charge in [-0.15, -0.1) is 12.4 Å². The van der Waals surface area contributed by atoms with Gasteiger partial charge in [0.15, 0.2) is 0 Å². The predicted octanol–water partition coefficient (Wildman–Crippen LogP) is 3.56. The van der Waals surface area contributed by atoms with Crippen molar-refractivity contribution in [3.63, 3.8) is 0 Å². The van der Waals surface area contributed by atoms with Crippen molar-refractivity contribution in [1.82, 2.24) is 5.32 Å². The van der Waals surface area contributed by atoms with E-state index in [1.54, 1.807) is 0 Å². The van der Waals surface area contributed by atoms with Gasteiger partial charge >= 0.3 is 0 Å². The first-order valence-electron chi connectivity index (χ1n) is 7.26. The first-order valence-corrected chi connectivity index (χ1v) is 7.26. The third-order valence-electron chi connectivity index (χ3n) is 3.79. The first-order chi connectivity index (χ1) is 9.16. The summed E-state index contributed by atoms with van der Waals surface area (Å²) in [5.41, 5.74) is 2.18.